The number of hydrogen-bond donors (Lipinski definition) is 0. The normalized spacial score (nSPS) is 10.4. The van der Waals surface area contributed by atoms with E-state index in [9.17, 15) is 4.39 Å². The van der Waals surface area contributed by atoms with Crippen LogP contribution in [0.5, 0.6) is 11.8 Å². The molecule has 3 rings (SSSR count). The van der Waals surface area contributed by atoms with Gasteiger partial charge in [-0.25, -0.2) is 14.4 Å². The van der Waals surface area contributed by atoms with Gasteiger partial charge in [0.15, 0.2) is 0 Å². The molecule has 0 saturated carbocycles. The summed E-state index contributed by atoms with van der Waals surface area (Å²) in [7, 11) is 0. The van der Waals surface area contributed by atoms with Crippen LogP contribution in [0.15, 0.2) is 60.9 Å². The number of halogens is 1. The van der Waals surface area contributed by atoms with E-state index in [-0.39, 0.29) is 11.8 Å². The molecule has 1 aromatic heterocycles. The van der Waals surface area contributed by atoms with E-state index >= 15 is 0 Å². The summed E-state index contributed by atoms with van der Waals surface area (Å²) in [6, 6.07) is 14.2. The molecule has 0 unspecified atom stereocenters. The fourth-order valence-corrected chi connectivity index (χ4v) is 1.94. The van der Waals surface area contributed by atoms with Crippen molar-refractivity contribution >= 4 is 0 Å². The van der Waals surface area contributed by atoms with Crippen LogP contribution < -0.4 is 4.74 Å². The van der Waals surface area contributed by atoms with Crippen LogP contribution in [0.3, 0.4) is 0 Å². The molecule has 104 valence electrons. The quantitative estimate of drug-likeness (QED) is 0.714. The average molecular weight is 280 g/mol. The van der Waals surface area contributed by atoms with Gasteiger partial charge in [-0.1, -0.05) is 24.3 Å². The van der Waals surface area contributed by atoms with Crippen LogP contribution in [0.25, 0.3) is 11.1 Å². The molecule has 0 radical (unpaired) electrons. The smallest absolute Gasteiger partial charge is 0.321 e. The van der Waals surface area contributed by atoms with Gasteiger partial charge >= 0.3 is 6.01 Å². The van der Waals surface area contributed by atoms with Crippen molar-refractivity contribution in [1.82, 2.24) is 9.97 Å². The van der Waals surface area contributed by atoms with Crippen LogP contribution >= 0.6 is 0 Å². The molecule has 0 aliphatic rings. The summed E-state index contributed by atoms with van der Waals surface area (Å²) in [6.07, 6.45) is 3.32. The molecular formula is C17H13FN2O. The first kappa shape index (κ1) is 13.2. The monoisotopic (exact) mass is 280 g/mol. The third-order valence-electron chi connectivity index (χ3n) is 3.00. The highest BCUT2D eigenvalue weighted by Gasteiger charge is 2.03. The Kier molecular flexibility index (Phi) is 3.60. The van der Waals surface area contributed by atoms with Crippen LogP contribution in [0.2, 0.25) is 0 Å². The Morgan fingerprint density at radius 1 is 0.905 bits per heavy atom. The third kappa shape index (κ3) is 3.23. The zero-order chi connectivity index (χ0) is 14.7. The van der Waals surface area contributed by atoms with E-state index in [1.54, 1.807) is 24.5 Å². The van der Waals surface area contributed by atoms with Gasteiger partial charge in [0.1, 0.15) is 11.6 Å². The molecule has 0 amide bonds. The number of rotatable bonds is 3. The summed E-state index contributed by atoms with van der Waals surface area (Å²) in [6.45, 7) is 1.99. The van der Waals surface area contributed by atoms with Crippen LogP contribution in [0, 0.1) is 12.7 Å². The lowest BCUT2D eigenvalue weighted by Crippen LogP contribution is -1.92. The maximum absolute atomic E-state index is 12.9. The highest BCUT2D eigenvalue weighted by atomic mass is 19.1. The predicted octanol–water partition coefficient (Wildman–Crippen LogP) is 4.38. The first-order valence-electron chi connectivity index (χ1n) is 6.53. The first-order chi connectivity index (χ1) is 10.2. The molecule has 0 saturated heterocycles. The Balaban J connectivity index is 1.79. The number of benzene rings is 2. The molecule has 2 aromatic carbocycles. The van der Waals surface area contributed by atoms with Crippen molar-refractivity contribution in [3.8, 4) is 22.9 Å². The van der Waals surface area contributed by atoms with Gasteiger partial charge in [0.05, 0.1) is 0 Å². The molecule has 0 fully saturated rings. The van der Waals surface area contributed by atoms with Gasteiger partial charge in [0.25, 0.3) is 0 Å². The van der Waals surface area contributed by atoms with Crippen LogP contribution in [0.4, 0.5) is 4.39 Å². The minimum Gasteiger partial charge on any atom is -0.424 e. The minimum atomic E-state index is -0.265. The van der Waals surface area contributed by atoms with Crippen molar-refractivity contribution in [1.29, 1.82) is 0 Å². The van der Waals surface area contributed by atoms with Crippen molar-refractivity contribution in [2.45, 2.75) is 6.92 Å². The van der Waals surface area contributed by atoms with E-state index in [2.05, 4.69) is 9.97 Å². The molecule has 0 aliphatic carbocycles. The molecule has 4 heteroatoms. The lowest BCUT2D eigenvalue weighted by atomic mass is 10.1. The third-order valence-corrected chi connectivity index (χ3v) is 3.00. The summed E-state index contributed by atoms with van der Waals surface area (Å²) in [5.74, 6) is 0.434. The van der Waals surface area contributed by atoms with Crippen molar-refractivity contribution in [3.63, 3.8) is 0 Å². The SMILES string of the molecule is Cc1cccc(Oc2ncc(-c3ccc(F)cc3)cn2)c1. The summed E-state index contributed by atoms with van der Waals surface area (Å²) < 4.78 is 18.5. The second kappa shape index (κ2) is 5.71. The number of nitrogens with zero attached hydrogens (tertiary/aromatic N) is 2. The number of hydrogen-bond acceptors (Lipinski definition) is 3. The maximum atomic E-state index is 12.9. The van der Waals surface area contributed by atoms with Gasteiger partial charge < -0.3 is 4.74 Å². The summed E-state index contributed by atoms with van der Waals surface area (Å²) in [4.78, 5) is 8.35. The summed E-state index contributed by atoms with van der Waals surface area (Å²) in [5, 5.41) is 0. The summed E-state index contributed by atoms with van der Waals surface area (Å²) >= 11 is 0. The van der Waals surface area contributed by atoms with Gasteiger partial charge in [-0.15, -0.1) is 0 Å². The summed E-state index contributed by atoms with van der Waals surface area (Å²) in [5.41, 5.74) is 2.78. The Bertz CT molecular complexity index is 739. The molecule has 3 aromatic rings. The minimum absolute atomic E-state index is 0.265. The molecular weight excluding hydrogens is 267 g/mol. The van der Waals surface area contributed by atoms with Crippen LogP contribution in [0.1, 0.15) is 5.56 Å². The van der Waals surface area contributed by atoms with Crippen molar-refractivity contribution in [2.75, 3.05) is 0 Å². The zero-order valence-electron chi connectivity index (χ0n) is 11.5. The van der Waals surface area contributed by atoms with Gasteiger partial charge in [0, 0.05) is 18.0 Å². The molecule has 0 bridgehead atoms. The topological polar surface area (TPSA) is 35.0 Å². The van der Waals surface area contributed by atoms with E-state index in [1.807, 2.05) is 31.2 Å². The van der Waals surface area contributed by atoms with Gasteiger partial charge in [-0.2, -0.15) is 0 Å². The number of aromatic nitrogens is 2. The van der Waals surface area contributed by atoms with Crippen LogP contribution in [-0.2, 0) is 0 Å². The lowest BCUT2D eigenvalue weighted by Gasteiger charge is -2.05. The first-order valence-corrected chi connectivity index (χ1v) is 6.53. The Morgan fingerprint density at radius 2 is 1.62 bits per heavy atom. The Labute approximate surface area is 122 Å². The zero-order valence-corrected chi connectivity index (χ0v) is 11.5. The maximum Gasteiger partial charge on any atom is 0.321 e. The molecule has 1 heterocycles. The van der Waals surface area contributed by atoms with E-state index in [1.165, 1.54) is 12.1 Å². The average Bonchev–Trinajstić information content (AvgIpc) is 2.49. The van der Waals surface area contributed by atoms with Gasteiger partial charge in [0.2, 0.25) is 0 Å². The highest BCUT2D eigenvalue weighted by molar-refractivity contribution is 5.61. The Hall–Kier alpha value is -2.75. The lowest BCUT2D eigenvalue weighted by molar-refractivity contribution is 0.441. The van der Waals surface area contributed by atoms with Crippen LogP contribution in [-0.4, -0.2) is 9.97 Å². The fourth-order valence-electron chi connectivity index (χ4n) is 1.94. The predicted molar refractivity (Wildman–Crippen MR) is 78.7 cm³/mol. The van der Waals surface area contributed by atoms with Crippen molar-refractivity contribution < 1.29 is 9.13 Å². The largest absolute Gasteiger partial charge is 0.424 e. The molecule has 3 nitrogen and oxygen atoms in total. The van der Waals surface area contributed by atoms with Gasteiger partial charge in [-0.3, -0.25) is 0 Å². The Morgan fingerprint density at radius 3 is 2.29 bits per heavy atom. The molecule has 0 spiro atoms. The second-order valence-corrected chi connectivity index (χ2v) is 4.68. The standard InChI is InChI=1S/C17H13FN2O/c1-12-3-2-4-16(9-12)21-17-19-10-14(11-20-17)13-5-7-15(18)8-6-13/h2-11H,1H3. The fraction of sp³-hybridized carbons (Fsp3) is 0.0588. The number of aryl methyl sites for hydroxylation is 1. The molecule has 21 heavy (non-hydrogen) atoms. The molecule has 0 atom stereocenters. The van der Waals surface area contributed by atoms with E-state index in [4.69, 9.17) is 4.74 Å². The molecule has 0 N–H and O–H groups in total. The highest BCUT2D eigenvalue weighted by Crippen LogP contribution is 2.22. The van der Waals surface area contributed by atoms with Gasteiger partial charge in [-0.05, 0) is 42.3 Å². The van der Waals surface area contributed by atoms with E-state index in [0.29, 0.717) is 5.75 Å². The second-order valence-electron chi connectivity index (χ2n) is 4.68. The van der Waals surface area contributed by atoms with E-state index in [0.717, 1.165) is 16.7 Å². The van der Waals surface area contributed by atoms with Crippen molar-refractivity contribution in [3.05, 3.63) is 72.3 Å². The van der Waals surface area contributed by atoms with E-state index < -0.39 is 0 Å². The molecule has 0 aliphatic heterocycles. The van der Waals surface area contributed by atoms with Crippen molar-refractivity contribution in [2.24, 2.45) is 0 Å². The number of ether oxygens (including phenoxy) is 1.